The van der Waals surface area contributed by atoms with E-state index in [4.69, 9.17) is 4.74 Å². The van der Waals surface area contributed by atoms with Crippen LogP contribution in [0.5, 0.6) is 5.75 Å². The van der Waals surface area contributed by atoms with Crippen molar-refractivity contribution in [3.8, 4) is 5.75 Å². The summed E-state index contributed by atoms with van der Waals surface area (Å²) in [5, 5.41) is 7.86. The smallest absolute Gasteiger partial charge is 0.321 e. The maximum absolute atomic E-state index is 11.7. The molecule has 1 aromatic heterocycles. The van der Waals surface area contributed by atoms with Crippen LogP contribution in [0.1, 0.15) is 5.56 Å². The van der Waals surface area contributed by atoms with Crippen LogP contribution >= 0.6 is 11.3 Å². The van der Waals surface area contributed by atoms with E-state index < -0.39 is 0 Å². The van der Waals surface area contributed by atoms with Gasteiger partial charge in [-0.3, -0.25) is 5.32 Å². The Morgan fingerprint density at radius 1 is 1.41 bits per heavy atom. The van der Waals surface area contributed by atoms with Crippen LogP contribution in [0.25, 0.3) is 0 Å². The molecule has 0 aliphatic heterocycles. The third-order valence-electron chi connectivity index (χ3n) is 2.81. The second-order valence-electron chi connectivity index (χ2n) is 4.94. The Kier molecular flexibility index (Phi) is 6.17. The van der Waals surface area contributed by atoms with Crippen LogP contribution in [-0.2, 0) is 6.54 Å². The minimum absolute atomic E-state index is 0.270. The number of amides is 2. The normalized spacial score (nSPS) is 10.5. The molecule has 0 unspecified atom stereocenters. The first-order chi connectivity index (χ1) is 10.6. The molecule has 118 valence electrons. The summed E-state index contributed by atoms with van der Waals surface area (Å²) in [5.74, 6) is 0.807. The van der Waals surface area contributed by atoms with Gasteiger partial charge in [-0.25, -0.2) is 9.78 Å². The zero-order chi connectivity index (χ0) is 15.8. The summed E-state index contributed by atoms with van der Waals surface area (Å²) in [6.07, 6.45) is 1.65. The number of likely N-dealkylation sites (N-methyl/N-ethyl adjacent to an activating group) is 1. The van der Waals surface area contributed by atoms with Gasteiger partial charge in [0.15, 0.2) is 5.13 Å². The largest absolute Gasteiger partial charge is 0.492 e. The highest BCUT2D eigenvalue weighted by Crippen LogP contribution is 2.13. The number of hydrogen-bond acceptors (Lipinski definition) is 5. The Hall–Kier alpha value is -2.12. The molecule has 0 fully saturated rings. The van der Waals surface area contributed by atoms with Crippen LogP contribution in [0.15, 0.2) is 35.8 Å². The molecule has 1 aromatic carbocycles. The Labute approximate surface area is 134 Å². The second-order valence-corrected chi connectivity index (χ2v) is 5.84. The zero-order valence-electron chi connectivity index (χ0n) is 12.7. The van der Waals surface area contributed by atoms with Gasteiger partial charge in [-0.15, -0.1) is 11.3 Å². The number of urea groups is 1. The first kappa shape index (κ1) is 16.3. The van der Waals surface area contributed by atoms with Crippen LogP contribution in [0.4, 0.5) is 9.93 Å². The summed E-state index contributed by atoms with van der Waals surface area (Å²) in [4.78, 5) is 17.8. The van der Waals surface area contributed by atoms with Gasteiger partial charge in [-0.2, -0.15) is 0 Å². The average molecular weight is 320 g/mol. The first-order valence-electron chi connectivity index (χ1n) is 6.94. The van der Waals surface area contributed by atoms with E-state index in [-0.39, 0.29) is 6.03 Å². The summed E-state index contributed by atoms with van der Waals surface area (Å²) in [5.41, 5.74) is 0.983. The van der Waals surface area contributed by atoms with Gasteiger partial charge in [-0.1, -0.05) is 12.1 Å². The predicted octanol–water partition coefficient (Wildman–Crippen LogP) is 2.41. The number of ether oxygens (including phenoxy) is 1. The summed E-state index contributed by atoms with van der Waals surface area (Å²) < 4.78 is 5.67. The van der Waals surface area contributed by atoms with Crippen molar-refractivity contribution in [3.63, 3.8) is 0 Å². The fraction of sp³-hybridized carbons (Fsp3) is 0.333. The number of thiazole rings is 1. The van der Waals surface area contributed by atoms with Crippen LogP contribution < -0.4 is 15.4 Å². The fourth-order valence-corrected chi connectivity index (χ4v) is 2.22. The lowest BCUT2D eigenvalue weighted by Crippen LogP contribution is -2.28. The van der Waals surface area contributed by atoms with E-state index in [9.17, 15) is 4.79 Å². The summed E-state index contributed by atoms with van der Waals surface area (Å²) >= 11 is 1.38. The summed E-state index contributed by atoms with van der Waals surface area (Å²) in [7, 11) is 4.01. The molecule has 2 amide bonds. The van der Waals surface area contributed by atoms with Crippen LogP contribution in [0.2, 0.25) is 0 Å². The van der Waals surface area contributed by atoms with Crippen molar-refractivity contribution >= 4 is 22.5 Å². The molecule has 0 saturated heterocycles. The summed E-state index contributed by atoms with van der Waals surface area (Å²) in [6.45, 7) is 1.93. The van der Waals surface area contributed by atoms with Crippen LogP contribution in [0.3, 0.4) is 0 Å². The molecule has 7 heteroatoms. The van der Waals surface area contributed by atoms with Crippen molar-refractivity contribution in [3.05, 3.63) is 41.4 Å². The van der Waals surface area contributed by atoms with E-state index in [1.165, 1.54) is 11.3 Å². The molecule has 2 N–H and O–H groups in total. The van der Waals surface area contributed by atoms with Crippen LogP contribution in [-0.4, -0.2) is 43.2 Å². The fourth-order valence-electron chi connectivity index (χ4n) is 1.70. The van der Waals surface area contributed by atoms with Crippen molar-refractivity contribution < 1.29 is 9.53 Å². The lowest BCUT2D eigenvalue weighted by Gasteiger charge is -2.12. The molecule has 0 bridgehead atoms. The average Bonchev–Trinajstić information content (AvgIpc) is 2.98. The monoisotopic (exact) mass is 320 g/mol. The molecule has 0 aliphatic carbocycles. The van der Waals surface area contributed by atoms with Crippen molar-refractivity contribution in [1.82, 2.24) is 15.2 Å². The van der Waals surface area contributed by atoms with Gasteiger partial charge in [-0.05, 0) is 31.8 Å². The number of anilines is 1. The third-order valence-corrected chi connectivity index (χ3v) is 3.50. The van der Waals surface area contributed by atoms with Gasteiger partial charge in [0.25, 0.3) is 0 Å². The highest BCUT2D eigenvalue weighted by molar-refractivity contribution is 7.13. The number of nitrogens with zero attached hydrogens (tertiary/aromatic N) is 2. The predicted molar refractivity (Wildman–Crippen MR) is 88.5 cm³/mol. The molecule has 0 saturated carbocycles. The number of hydrogen-bond donors (Lipinski definition) is 2. The number of rotatable bonds is 7. The lowest BCUT2D eigenvalue weighted by molar-refractivity contribution is 0.251. The number of carbonyl (C=O) groups excluding carboxylic acids is 1. The van der Waals surface area contributed by atoms with Crippen LogP contribution in [0, 0.1) is 0 Å². The molecule has 6 nitrogen and oxygen atoms in total. The molecule has 0 atom stereocenters. The highest BCUT2D eigenvalue weighted by Gasteiger charge is 2.04. The Bertz CT molecular complexity index is 587. The van der Waals surface area contributed by atoms with E-state index in [1.54, 1.807) is 6.20 Å². The zero-order valence-corrected chi connectivity index (χ0v) is 13.5. The lowest BCUT2D eigenvalue weighted by atomic mass is 10.2. The van der Waals surface area contributed by atoms with Crippen molar-refractivity contribution in [1.29, 1.82) is 0 Å². The van der Waals surface area contributed by atoms with Crippen molar-refractivity contribution in [2.75, 3.05) is 32.6 Å². The van der Waals surface area contributed by atoms with Gasteiger partial charge in [0.2, 0.25) is 0 Å². The Morgan fingerprint density at radius 3 is 3.00 bits per heavy atom. The Morgan fingerprint density at radius 2 is 2.27 bits per heavy atom. The van der Waals surface area contributed by atoms with Gasteiger partial charge >= 0.3 is 6.03 Å². The highest BCUT2D eigenvalue weighted by atomic mass is 32.1. The van der Waals surface area contributed by atoms with Gasteiger partial charge in [0, 0.05) is 24.7 Å². The Balaban J connectivity index is 1.78. The second kappa shape index (κ2) is 8.35. The molecule has 2 rings (SSSR count). The molecule has 1 heterocycles. The molecule has 0 spiro atoms. The molecule has 0 aliphatic rings. The standard InChI is InChI=1S/C15H20N4O2S/c1-19(2)7-8-21-13-5-3-4-12(10-13)11-17-14(20)18-15-16-6-9-22-15/h3-6,9-10H,7-8,11H2,1-2H3,(H2,16,17,18,20). The first-order valence-corrected chi connectivity index (χ1v) is 7.82. The van der Waals surface area contributed by atoms with E-state index in [0.717, 1.165) is 17.9 Å². The van der Waals surface area contributed by atoms with E-state index in [1.807, 2.05) is 43.7 Å². The van der Waals surface area contributed by atoms with E-state index in [2.05, 4.69) is 20.5 Å². The van der Waals surface area contributed by atoms with E-state index >= 15 is 0 Å². The minimum atomic E-state index is -0.270. The number of carbonyl (C=O) groups is 1. The quantitative estimate of drug-likeness (QED) is 0.822. The maximum Gasteiger partial charge on any atom is 0.321 e. The number of benzene rings is 1. The summed E-state index contributed by atoms with van der Waals surface area (Å²) in [6, 6.07) is 7.44. The van der Waals surface area contributed by atoms with Gasteiger partial charge in [0.1, 0.15) is 12.4 Å². The van der Waals surface area contributed by atoms with Crippen molar-refractivity contribution in [2.45, 2.75) is 6.54 Å². The maximum atomic E-state index is 11.7. The molecule has 0 radical (unpaired) electrons. The minimum Gasteiger partial charge on any atom is -0.492 e. The van der Waals surface area contributed by atoms with Gasteiger partial charge < -0.3 is 15.0 Å². The SMILES string of the molecule is CN(C)CCOc1cccc(CNC(=O)Nc2nccs2)c1. The van der Waals surface area contributed by atoms with E-state index in [0.29, 0.717) is 18.3 Å². The molecule has 22 heavy (non-hydrogen) atoms. The van der Waals surface area contributed by atoms with Crippen molar-refractivity contribution in [2.24, 2.45) is 0 Å². The molecular formula is C15H20N4O2S. The molecule has 2 aromatic rings. The van der Waals surface area contributed by atoms with Gasteiger partial charge in [0.05, 0.1) is 0 Å². The molecular weight excluding hydrogens is 300 g/mol. The third kappa shape index (κ3) is 5.71. The number of nitrogens with one attached hydrogen (secondary N) is 2. The number of aromatic nitrogens is 1. The topological polar surface area (TPSA) is 66.5 Å².